The highest BCUT2D eigenvalue weighted by molar-refractivity contribution is 6.25. The summed E-state index contributed by atoms with van der Waals surface area (Å²) in [5.41, 5.74) is 2.09. The van der Waals surface area contributed by atoms with Crippen molar-refractivity contribution in [2.45, 2.75) is 25.4 Å². The number of rotatable bonds is 5. The van der Waals surface area contributed by atoms with Gasteiger partial charge in [-0.2, -0.15) is 5.11 Å². The predicted molar refractivity (Wildman–Crippen MR) is 111 cm³/mol. The Kier molecular flexibility index (Phi) is 5.44. The van der Waals surface area contributed by atoms with Crippen molar-refractivity contribution in [1.82, 2.24) is 10.3 Å². The molecule has 1 saturated heterocycles. The number of nitrogens with zero attached hydrogens (tertiary/aromatic N) is 4. The van der Waals surface area contributed by atoms with Gasteiger partial charge >= 0.3 is 6.03 Å². The summed E-state index contributed by atoms with van der Waals surface area (Å²) in [5.74, 6) is -1.69. The molecule has 2 atom stereocenters. The number of anilines is 2. The SMILES string of the molecule is CCc1ccc(NC(=O)NC(=O)CN2N=N[C@H]3C(=O)N(c4ccccc4)C(=O)[C@H]32)cc1. The van der Waals surface area contributed by atoms with Crippen LogP contribution < -0.4 is 15.5 Å². The Balaban J connectivity index is 1.37. The Morgan fingerprint density at radius 3 is 2.39 bits per heavy atom. The van der Waals surface area contributed by atoms with E-state index in [9.17, 15) is 19.2 Å². The average Bonchev–Trinajstić information content (AvgIpc) is 3.28. The molecule has 0 radical (unpaired) electrons. The second-order valence-corrected chi connectivity index (χ2v) is 7.09. The van der Waals surface area contributed by atoms with E-state index in [1.165, 1.54) is 0 Å². The normalized spacial score (nSPS) is 19.5. The zero-order chi connectivity index (χ0) is 22.0. The maximum absolute atomic E-state index is 12.8. The monoisotopic (exact) mass is 420 g/mol. The number of carbonyl (C=O) groups is 4. The summed E-state index contributed by atoms with van der Waals surface area (Å²) < 4.78 is 0. The summed E-state index contributed by atoms with van der Waals surface area (Å²) in [6.07, 6.45) is 0.875. The minimum absolute atomic E-state index is 0.394. The van der Waals surface area contributed by atoms with Gasteiger partial charge in [0.1, 0.15) is 6.54 Å². The van der Waals surface area contributed by atoms with E-state index >= 15 is 0 Å². The van der Waals surface area contributed by atoms with Crippen LogP contribution in [0.5, 0.6) is 0 Å². The smallest absolute Gasteiger partial charge is 0.308 e. The molecule has 0 unspecified atom stereocenters. The van der Waals surface area contributed by atoms with Crippen LogP contribution >= 0.6 is 0 Å². The minimum atomic E-state index is -1.01. The van der Waals surface area contributed by atoms with Gasteiger partial charge in [-0.05, 0) is 36.2 Å². The number of hydrogen-bond donors (Lipinski definition) is 2. The van der Waals surface area contributed by atoms with Crippen LogP contribution in [-0.4, -0.2) is 47.4 Å². The van der Waals surface area contributed by atoms with Crippen LogP contribution in [0.2, 0.25) is 0 Å². The number of urea groups is 1. The molecular formula is C21H20N6O4. The summed E-state index contributed by atoms with van der Waals surface area (Å²) in [6.45, 7) is 1.63. The summed E-state index contributed by atoms with van der Waals surface area (Å²) >= 11 is 0. The van der Waals surface area contributed by atoms with E-state index in [-0.39, 0.29) is 0 Å². The third kappa shape index (κ3) is 4.00. The van der Waals surface area contributed by atoms with Crippen LogP contribution in [0.15, 0.2) is 64.9 Å². The van der Waals surface area contributed by atoms with Crippen molar-refractivity contribution in [1.29, 1.82) is 0 Å². The molecule has 2 aromatic rings. The first-order valence-corrected chi connectivity index (χ1v) is 9.78. The Bertz CT molecular complexity index is 1050. The third-order valence-electron chi connectivity index (χ3n) is 5.05. The number of hydrogen-bond acceptors (Lipinski definition) is 7. The lowest BCUT2D eigenvalue weighted by molar-refractivity contribution is -0.124. The Labute approximate surface area is 177 Å². The van der Waals surface area contributed by atoms with Gasteiger partial charge in [0.15, 0.2) is 12.1 Å². The summed E-state index contributed by atoms with van der Waals surface area (Å²) in [7, 11) is 0. The van der Waals surface area contributed by atoms with Gasteiger partial charge in [-0.3, -0.25) is 24.7 Å². The fourth-order valence-electron chi connectivity index (χ4n) is 3.48. The van der Waals surface area contributed by atoms with E-state index in [2.05, 4.69) is 21.0 Å². The number of carbonyl (C=O) groups excluding carboxylic acids is 4. The summed E-state index contributed by atoms with van der Waals surface area (Å²) in [5, 5.41) is 13.5. The molecule has 0 aliphatic carbocycles. The zero-order valence-corrected chi connectivity index (χ0v) is 16.7. The maximum atomic E-state index is 12.8. The van der Waals surface area contributed by atoms with E-state index in [1.807, 2.05) is 19.1 Å². The number of aryl methyl sites for hydroxylation is 1. The number of imide groups is 2. The first kappa shape index (κ1) is 20.2. The number of fused-ring (bicyclic) bond motifs is 1. The molecule has 0 saturated carbocycles. The molecule has 2 aliphatic rings. The number of benzene rings is 2. The maximum Gasteiger partial charge on any atom is 0.325 e. The topological polar surface area (TPSA) is 124 Å². The minimum Gasteiger partial charge on any atom is -0.308 e. The van der Waals surface area contributed by atoms with E-state index in [1.54, 1.807) is 42.5 Å². The lowest BCUT2D eigenvalue weighted by Crippen LogP contribution is -2.46. The molecule has 0 spiro atoms. The molecule has 31 heavy (non-hydrogen) atoms. The third-order valence-corrected chi connectivity index (χ3v) is 5.05. The quantitative estimate of drug-likeness (QED) is 0.715. The number of para-hydroxylation sites is 1. The van der Waals surface area contributed by atoms with Gasteiger partial charge in [0.25, 0.3) is 11.8 Å². The van der Waals surface area contributed by atoms with Gasteiger partial charge in [0, 0.05) is 5.69 Å². The van der Waals surface area contributed by atoms with Crippen LogP contribution in [0.25, 0.3) is 0 Å². The lowest BCUT2D eigenvalue weighted by Gasteiger charge is -2.20. The van der Waals surface area contributed by atoms with Crippen molar-refractivity contribution in [2.24, 2.45) is 10.3 Å². The highest BCUT2D eigenvalue weighted by Crippen LogP contribution is 2.31. The molecule has 1 fully saturated rings. The van der Waals surface area contributed by atoms with Gasteiger partial charge in [-0.15, -0.1) is 0 Å². The van der Waals surface area contributed by atoms with Gasteiger partial charge in [0.2, 0.25) is 5.91 Å². The lowest BCUT2D eigenvalue weighted by atomic mass is 10.1. The van der Waals surface area contributed by atoms with Crippen molar-refractivity contribution in [2.75, 3.05) is 16.8 Å². The molecule has 10 heteroatoms. The van der Waals surface area contributed by atoms with Crippen molar-refractivity contribution in [3.63, 3.8) is 0 Å². The Morgan fingerprint density at radius 1 is 1.00 bits per heavy atom. The second kappa shape index (κ2) is 8.34. The average molecular weight is 420 g/mol. The molecular weight excluding hydrogens is 400 g/mol. The Hall–Kier alpha value is -4.08. The van der Waals surface area contributed by atoms with E-state index in [0.29, 0.717) is 11.4 Å². The first-order chi connectivity index (χ1) is 15.0. The fourth-order valence-corrected chi connectivity index (χ4v) is 3.48. The zero-order valence-electron chi connectivity index (χ0n) is 16.7. The van der Waals surface area contributed by atoms with E-state index in [4.69, 9.17) is 0 Å². The van der Waals surface area contributed by atoms with Crippen molar-refractivity contribution in [3.8, 4) is 0 Å². The molecule has 4 rings (SSSR count). The van der Waals surface area contributed by atoms with Crippen LogP contribution in [-0.2, 0) is 20.8 Å². The van der Waals surface area contributed by atoms with E-state index < -0.39 is 42.4 Å². The van der Waals surface area contributed by atoms with Crippen LogP contribution in [0.4, 0.5) is 16.2 Å². The van der Waals surface area contributed by atoms with Gasteiger partial charge in [-0.1, -0.05) is 42.5 Å². The van der Waals surface area contributed by atoms with Crippen LogP contribution in [0, 0.1) is 0 Å². The molecule has 2 aliphatic heterocycles. The second-order valence-electron chi connectivity index (χ2n) is 7.09. The van der Waals surface area contributed by atoms with Crippen molar-refractivity contribution < 1.29 is 19.2 Å². The standard InChI is InChI=1S/C21H20N6O4/c1-2-13-8-10-14(11-9-13)22-21(31)23-16(28)12-26-18-17(24-25-26)19(29)27(20(18)30)15-6-4-3-5-7-15/h3-11,17-18H,2,12H2,1H3,(H2,22,23,28,31)/t17-,18+/m1/s1. The number of nitrogens with one attached hydrogen (secondary N) is 2. The number of amides is 5. The highest BCUT2D eigenvalue weighted by Gasteiger charge is 2.55. The van der Waals surface area contributed by atoms with Gasteiger partial charge < -0.3 is 5.32 Å². The first-order valence-electron chi connectivity index (χ1n) is 9.78. The molecule has 2 heterocycles. The molecule has 0 aromatic heterocycles. The largest absolute Gasteiger partial charge is 0.325 e. The predicted octanol–water partition coefficient (Wildman–Crippen LogP) is 1.89. The molecule has 2 aromatic carbocycles. The van der Waals surface area contributed by atoms with Crippen molar-refractivity contribution in [3.05, 3.63) is 60.2 Å². The fraction of sp³-hybridized carbons (Fsp3) is 0.238. The molecule has 5 amide bonds. The van der Waals surface area contributed by atoms with Crippen molar-refractivity contribution >= 4 is 35.1 Å². The van der Waals surface area contributed by atoms with Crippen LogP contribution in [0.3, 0.4) is 0 Å². The Morgan fingerprint density at radius 2 is 1.71 bits per heavy atom. The van der Waals surface area contributed by atoms with Gasteiger partial charge in [0.05, 0.1) is 5.69 Å². The summed E-state index contributed by atoms with van der Waals surface area (Å²) in [6, 6.07) is 13.0. The highest BCUT2D eigenvalue weighted by atomic mass is 16.2. The van der Waals surface area contributed by atoms with E-state index in [0.717, 1.165) is 21.9 Å². The van der Waals surface area contributed by atoms with Crippen LogP contribution in [0.1, 0.15) is 12.5 Å². The molecule has 2 N–H and O–H groups in total. The molecule has 10 nitrogen and oxygen atoms in total. The molecule has 0 bridgehead atoms. The molecule has 158 valence electrons. The van der Waals surface area contributed by atoms with Gasteiger partial charge in [-0.25, -0.2) is 9.69 Å². The summed E-state index contributed by atoms with van der Waals surface area (Å²) in [4.78, 5) is 50.9.